The molecule has 2 aliphatic rings. The van der Waals surface area contributed by atoms with Crippen molar-refractivity contribution in [1.82, 2.24) is 4.90 Å². The minimum Gasteiger partial charge on any atom is -0.296 e. The van der Waals surface area contributed by atoms with Gasteiger partial charge in [-0.2, -0.15) is 0 Å². The molecule has 1 heterocycles. The Hall–Kier alpha value is -0.0400. The maximum absolute atomic E-state index is 2.68. The average Bonchev–Trinajstić information content (AvgIpc) is 2.33. The first-order valence-electron chi connectivity index (χ1n) is 5.81. The van der Waals surface area contributed by atoms with Crippen LogP contribution in [-0.2, 0) is 0 Å². The van der Waals surface area contributed by atoms with Crippen LogP contribution in [0.1, 0.15) is 58.8 Å². The molecule has 76 valence electrons. The molecule has 0 unspecified atom stereocenters. The predicted molar refractivity (Wildman–Crippen MR) is 56.9 cm³/mol. The molecule has 1 aliphatic carbocycles. The Balaban J connectivity index is 2.15. The summed E-state index contributed by atoms with van der Waals surface area (Å²) in [4.78, 5) is 2.68. The van der Waals surface area contributed by atoms with E-state index in [0.717, 1.165) is 0 Å². The van der Waals surface area contributed by atoms with Gasteiger partial charge in [-0.3, -0.25) is 4.90 Å². The van der Waals surface area contributed by atoms with Crippen LogP contribution in [0.3, 0.4) is 0 Å². The lowest BCUT2D eigenvalue weighted by atomic mass is 9.80. The molecule has 0 N–H and O–H groups in total. The van der Waals surface area contributed by atoms with Crippen molar-refractivity contribution in [2.45, 2.75) is 69.9 Å². The Kier molecular flexibility index (Phi) is 2.18. The van der Waals surface area contributed by atoms with Crippen LogP contribution in [0.2, 0.25) is 0 Å². The number of rotatable bonds is 0. The van der Waals surface area contributed by atoms with E-state index in [0.29, 0.717) is 11.1 Å². The molecule has 1 nitrogen and oxygen atoms in total. The van der Waals surface area contributed by atoms with Crippen LogP contribution in [0.25, 0.3) is 0 Å². The topological polar surface area (TPSA) is 3.24 Å². The third-order valence-electron chi connectivity index (χ3n) is 4.61. The quantitative estimate of drug-likeness (QED) is 0.555. The highest BCUT2D eigenvalue weighted by molar-refractivity contribution is 5.04. The van der Waals surface area contributed by atoms with Gasteiger partial charge in [-0.1, -0.05) is 19.3 Å². The molecule has 2 rings (SSSR count). The zero-order chi connectivity index (χ0) is 9.53. The first-order valence-corrected chi connectivity index (χ1v) is 5.81. The summed E-state index contributed by atoms with van der Waals surface area (Å²) in [7, 11) is 2.35. The van der Waals surface area contributed by atoms with Gasteiger partial charge in [0.2, 0.25) is 0 Å². The molecular formula is C12H23N. The molecule has 0 amide bonds. The van der Waals surface area contributed by atoms with E-state index in [1.54, 1.807) is 0 Å². The van der Waals surface area contributed by atoms with Crippen LogP contribution >= 0.6 is 0 Å². The Morgan fingerprint density at radius 3 is 1.92 bits per heavy atom. The van der Waals surface area contributed by atoms with Crippen LogP contribution in [0, 0.1) is 0 Å². The summed E-state index contributed by atoms with van der Waals surface area (Å²) in [6, 6.07) is 0. The number of hydrogen-bond acceptors (Lipinski definition) is 1. The Labute approximate surface area is 82.5 Å². The fourth-order valence-corrected chi connectivity index (χ4v) is 3.31. The Morgan fingerprint density at radius 1 is 0.846 bits per heavy atom. The molecule has 0 bridgehead atoms. The summed E-state index contributed by atoms with van der Waals surface area (Å²) in [6.45, 7) is 4.80. The third-order valence-corrected chi connectivity index (χ3v) is 4.61. The standard InChI is InChI=1S/C12H23N/c1-11(2)9-10-12(13(11)3)7-5-4-6-8-12/h4-10H2,1-3H3. The molecule has 0 radical (unpaired) electrons. The van der Waals surface area contributed by atoms with Crippen LogP contribution in [0.5, 0.6) is 0 Å². The van der Waals surface area contributed by atoms with Gasteiger partial charge in [0.05, 0.1) is 0 Å². The number of hydrogen-bond donors (Lipinski definition) is 0. The average molecular weight is 181 g/mol. The van der Waals surface area contributed by atoms with Crippen LogP contribution < -0.4 is 0 Å². The normalized spacial score (nSPS) is 32.5. The van der Waals surface area contributed by atoms with Crippen LogP contribution in [0.4, 0.5) is 0 Å². The molecule has 0 atom stereocenters. The summed E-state index contributed by atoms with van der Waals surface area (Å²) >= 11 is 0. The predicted octanol–water partition coefficient (Wildman–Crippen LogP) is 3.19. The fourth-order valence-electron chi connectivity index (χ4n) is 3.31. The van der Waals surface area contributed by atoms with Crippen molar-refractivity contribution in [2.24, 2.45) is 0 Å². The van der Waals surface area contributed by atoms with E-state index < -0.39 is 0 Å². The molecular weight excluding hydrogens is 158 g/mol. The summed E-state index contributed by atoms with van der Waals surface area (Å²) in [5, 5.41) is 0. The van der Waals surface area contributed by atoms with Gasteiger partial charge in [-0.05, 0) is 46.6 Å². The minimum atomic E-state index is 0.456. The second kappa shape index (κ2) is 2.98. The van der Waals surface area contributed by atoms with Gasteiger partial charge in [0, 0.05) is 11.1 Å². The van der Waals surface area contributed by atoms with Crippen molar-refractivity contribution in [3.8, 4) is 0 Å². The van der Waals surface area contributed by atoms with Gasteiger partial charge in [-0.25, -0.2) is 0 Å². The van der Waals surface area contributed by atoms with E-state index in [2.05, 4.69) is 25.8 Å². The Morgan fingerprint density at radius 2 is 1.46 bits per heavy atom. The molecule has 1 spiro atoms. The summed E-state index contributed by atoms with van der Waals surface area (Å²) in [6.07, 6.45) is 10.1. The molecule has 0 aromatic carbocycles. The largest absolute Gasteiger partial charge is 0.296 e. The van der Waals surface area contributed by atoms with Crippen molar-refractivity contribution in [1.29, 1.82) is 0 Å². The molecule has 0 aromatic rings. The SMILES string of the molecule is CN1C(C)(C)CCC12CCCCC2. The highest BCUT2D eigenvalue weighted by Gasteiger charge is 2.47. The van der Waals surface area contributed by atoms with E-state index in [4.69, 9.17) is 0 Å². The van der Waals surface area contributed by atoms with Crippen LogP contribution in [0.15, 0.2) is 0 Å². The lowest BCUT2D eigenvalue weighted by Gasteiger charge is -2.44. The first-order chi connectivity index (χ1) is 6.07. The lowest BCUT2D eigenvalue weighted by molar-refractivity contribution is 0.0563. The maximum Gasteiger partial charge on any atom is 0.0212 e. The van der Waals surface area contributed by atoms with Gasteiger partial charge >= 0.3 is 0 Å². The molecule has 1 aliphatic heterocycles. The molecule has 13 heavy (non-hydrogen) atoms. The molecule has 1 saturated heterocycles. The summed E-state index contributed by atoms with van der Waals surface area (Å²) in [5.41, 5.74) is 1.05. The van der Waals surface area contributed by atoms with Crippen molar-refractivity contribution < 1.29 is 0 Å². The molecule has 1 saturated carbocycles. The third kappa shape index (κ3) is 1.41. The zero-order valence-corrected chi connectivity index (χ0v) is 9.40. The monoisotopic (exact) mass is 181 g/mol. The molecule has 1 heteroatoms. The number of likely N-dealkylation sites (tertiary alicyclic amines) is 1. The van der Waals surface area contributed by atoms with E-state index in [1.807, 2.05) is 0 Å². The highest BCUT2D eigenvalue weighted by atomic mass is 15.3. The summed E-state index contributed by atoms with van der Waals surface area (Å²) in [5.74, 6) is 0. The summed E-state index contributed by atoms with van der Waals surface area (Å²) < 4.78 is 0. The Bertz CT molecular complexity index is 189. The van der Waals surface area contributed by atoms with Gasteiger partial charge in [-0.15, -0.1) is 0 Å². The van der Waals surface area contributed by atoms with E-state index >= 15 is 0 Å². The van der Waals surface area contributed by atoms with Gasteiger partial charge in [0.1, 0.15) is 0 Å². The van der Waals surface area contributed by atoms with Crippen LogP contribution in [-0.4, -0.2) is 23.0 Å². The van der Waals surface area contributed by atoms with Crippen molar-refractivity contribution in [3.63, 3.8) is 0 Å². The van der Waals surface area contributed by atoms with Gasteiger partial charge < -0.3 is 0 Å². The van der Waals surface area contributed by atoms with Crippen molar-refractivity contribution >= 4 is 0 Å². The second-order valence-electron chi connectivity index (χ2n) is 5.66. The van der Waals surface area contributed by atoms with E-state index in [-0.39, 0.29) is 0 Å². The number of nitrogens with zero attached hydrogens (tertiary/aromatic N) is 1. The second-order valence-corrected chi connectivity index (χ2v) is 5.66. The minimum absolute atomic E-state index is 0.456. The smallest absolute Gasteiger partial charge is 0.0212 e. The molecule has 0 aromatic heterocycles. The van der Waals surface area contributed by atoms with Gasteiger partial charge in [0.15, 0.2) is 0 Å². The van der Waals surface area contributed by atoms with E-state index in [1.165, 1.54) is 44.9 Å². The van der Waals surface area contributed by atoms with Gasteiger partial charge in [0.25, 0.3) is 0 Å². The zero-order valence-electron chi connectivity index (χ0n) is 9.40. The van der Waals surface area contributed by atoms with Crippen molar-refractivity contribution in [2.75, 3.05) is 7.05 Å². The fraction of sp³-hybridized carbons (Fsp3) is 1.00. The first kappa shape index (κ1) is 9.51. The highest BCUT2D eigenvalue weighted by Crippen LogP contribution is 2.47. The molecule has 2 fully saturated rings. The maximum atomic E-state index is 2.68. The lowest BCUT2D eigenvalue weighted by Crippen LogP contribution is -2.49. The van der Waals surface area contributed by atoms with E-state index in [9.17, 15) is 0 Å². The van der Waals surface area contributed by atoms with Crippen molar-refractivity contribution in [3.05, 3.63) is 0 Å².